The highest BCUT2D eigenvalue weighted by Gasteiger charge is 2.37. The highest BCUT2D eigenvalue weighted by Crippen LogP contribution is 2.45. The van der Waals surface area contributed by atoms with E-state index in [2.05, 4.69) is 11.9 Å². The van der Waals surface area contributed by atoms with Gasteiger partial charge in [-0.1, -0.05) is 50.8 Å². The number of nitrogens with zero attached hydrogens (tertiary/aromatic N) is 1. The van der Waals surface area contributed by atoms with Gasteiger partial charge in [0.15, 0.2) is 0 Å². The van der Waals surface area contributed by atoms with Gasteiger partial charge in [-0.2, -0.15) is 0 Å². The van der Waals surface area contributed by atoms with Crippen molar-refractivity contribution in [2.45, 2.75) is 89.2 Å². The first-order valence-electron chi connectivity index (χ1n) is 10.4. The SMILES string of the molecule is CCCCCCCCOP(=O)(O)CCC1=N[C@@H]2CC[C@H](COC(C)=O)O[C@@H]2S1. The molecule has 0 aromatic heterocycles. The Balaban J connectivity index is 1.62. The predicted octanol–water partition coefficient (Wildman–Crippen LogP) is 4.52. The molecule has 0 spiro atoms. The number of hydrogen-bond acceptors (Lipinski definition) is 7. The third-order valence-electron chi connectivity index (χ3n) is 4.86. The predicted molar refractivity (Wildman–Crippen MR) is 112 cm³/mol. The summed E-state index contributed by atoms with van der Waals surface area (Å²) in [5.41, 5.74) is -0.0913. The van der Waals surface area contributed by atoms with Crippen LogP contribution in [0.25, 0.3) is 0 Å². The van der Waals surface area contributed by atoms with Gasteiger partial charge in [0.05, 0.1) is 30.0 Å². The van der Waals surface area contributed by atoms with E-state index < -0.39 is 7.60 Å². The zero-order valence-corrected chi connectivity index (χ0v) is 18.7. The zero-order chi connectivity index (χ0) is 20.4. The van der Waals surface area contributed by atoms with Crippen molar-refractivity contribution in [3.8, 4) is 0 Å². The van der Waals surface area contributed by atoms with E-state index in [0.717, 1.165) is 37.1 Å². The van der Waals surface area contributed by atoms with Crippen LogP contribution in [0.1, 0.15) is 71.6 Å². The van der Waals surface area contributed by atoms with Gasteiger partial charge >= 0.3 is 13.6 Å². The van der Waals surface area contributed by atoms with Gasteiger partial charge in [-0.15, -0.1) is 0 Å². The molecule has 1 saturated heterocycles. The molecule has 28 heavy (non-hydrogen) atoms. The van der Waals surface area contributed by atoms with Crippen molar-refractivity contribution in [3.05, 3.63) is 0 Å². The fraction of sp³-hybridized carbons (Fsp3) is 0.895. The van der Waals surface area contributed by atoms with Crippen LogP contribution in [0.5, 0.6) is 0 Å². The van der Waals surface area contributed by atoms with Crippen LogP contribution < -0.4 is 0 Å². The van der Waals surface area contributed by atoms with Gasteiger partial charge in [0.25, 0.3) is 0 Å². The Morgan fingerprint density at radius 3 is 2.79 bits per heavy atom. The van der Waals surface area contributed by atoms with Crippen molar-refractivity contribution < 1.29 is 28.3 Å². The second-order valence-electron chi connectivity index (χ2n) is 7.43. The molecular formula is C19H34NO6PS. The molecule has 0 bridgehead atoms. The Kier molecular flexibility index (Phi) is 10.5. The lowest BCUT2D eigenvalue weighted by molar-refractivity contribution is -0.147. The van der Waals surface area contributed by atoms with Crippen LogP contribution in [0, 0.1) is 0 Å². The van der Waals surface area contributed by atoms with Crippen LogP contribution in [0.2, 0.25) is 0 Å². The van der Waals surface area contributed by atoms with Crippen LogP contribution in [-0.4, -0.2) is 52.9 Å². The number of fused-ring (bicyclic) bond motifs is 1. The normalized spacial score (nSPS) is 26.4. The number of hydrogen-bond donors (Lipinski definition) is 1. The zero-order valence-electron chi connectivity index (χ0n) is 17.0. The Morgan fingerprint density at radius 1 is 1.29 bits per heavy atom. The summed E-state index contributed by atoms with van der Waals surface area (Å²) in [4.78, 5) is 25.6. The number of carbonyl (C=O) groups excluding carboxylic acids is 1. The molecule has 2 rings (SSSR count). The molecule has 7 nitrogen and oxygen atoms in total. The number of carbonyl (C=O) groups is 1. The molecule has 162 valence electrons. The largest absolute Gasteiger partial charge is 0.463 e. The van der Waals surface area contributed by atoms with Crippen LogP contribution in [-0.2, 0) is 23.4 Å². The molecule has 2 heterocycles. The average molecular weight is 436 g/mol. The van der Waals surface area contributed by atoms with Crippen LogP contribution in [0.15, 0.2) is 4.99 Å². The minimum atomic E-state index is -3.57. The first-order chi connectivity index (χ1) is 13.4. The van der Waals surface area contributed by atoms with E-state index in [1.54, 1.807) is 0 Å². The Morgan fingerprint density at radius 2 is 2.04 bits per heavy atom. The first-order valence-corrected chi connectivity index (χ1v) is 13.0. The Labute approximate surface area is 172 Å². The standard InChI is InChI=1S/C19H34NO6PS/c1-3-4-5-6-7-8-12-25-27(22,23)13-11-18-20-17-10-9-16(14-24-15(2)21)26-19(17)28-18/h16-17,19H,3-14H2,1-2H3,(H,22,23)/t16-,17-,19-/m1/s1. The first kappa shape index (κ1) is 23.9. The summed E-state index contributed by atoms with van der Waals surface area (Å²) in [5.74, 6) is -0.304. The molecule has 0 aromatic carbocycles. The summed E-state index contributed by atoms with van der Waals surface area (Å²) in [6, 6.07) is 0.0793. The maximum Gasteiger partial charge on any atom is 0.328 e. The smallest absolute Gasteiger partial charge is 0.328 e. The van der Waals surface area contributed by atoms with Gasteiger partial charge in [-0.3, -0.25) is 14.4 Å². The van der Waals surface area contributed by atoms with Crippen molar-refractivity contribution in [1.29, 1.82) is 0 Å². The third kappa shape index (κ3) is 8.95. The number of aliphatic imine (C=N–C) groups is 1. The van der Waals surface area contributed by atoms with Crippen molar-refractivity contribution in [2.24, 2.45) is 4.99 Å². The Hall–Kier alpha value is -0.400. The van der Waals surface area contributed by atoms with Gasteiger partial charge < -0.3 is 18.9 Å². The van der Waals surface area contributed by atoms with Gasteiger partial charge in [-0.05, 0) is 19.3 Å². The minimum Gasteiger partial charge on any atom is -0.463 e. The molecule has 1 unspecified atom stereocenters. The molecule has 9 heteroatoms. The molecule has 0 aliphatic carbocycles. The van der Waals surface area contributed by atoms with Gasteiger partial charge in [0.1, 0.15) is 12.0 Å². The molecular weight excluding hydrogens is 401 g/mol. The highest BCUT2D eigenvalue weighted by atomic mass is 32.2. The summed E-state index contributed by atoms with van der Waals surface area (Å²) >= 11 is 1.51. The van der Waals surface area contributed by atoms with Gasteiger partial charge in [0.2, 0.25) is 0 Å². The number of ether oxygens (including phenoxy) is 2. The van der Waals surface area contributed by atoms with E-state index in [4.69, 9.17) is 14.0 Å². The molecule has 0 saturated carbocycles. The van der Waals surface area contributed by atoms with Crippen molar-refractivity contribution in [1.82, 2.24) is 0 Å². The second-order valence-corrected chi connectivity index (χ2v) is 10.6. The number of unbranched alkanes of at least 4 members (excludes halogenated alkanes) is 5. The molecule has 2 aliphatic heterocycles. The van der Waals surface area contributed by atoms with E-state index in [1.165, 1.54) is 37.9 Å². The fourth-order valence-electron chi connectivity index (χ4n) is 3.27. The average Bonchev–Trinajstić information content (AvgIpc) is 3.06. The molecule has 1 fully saturated rings. The van der Waals surface area contributed by atoms with Gasteiger partial charge in [0, 0.05) is 13.3 Å². The van der Waals surface area contributed by atoms with Gasteiger partial charge in [-0.25, -0.2) is 0 Å². The van der Waals surface area contributed by atoms with E-state index >= 15 is 0 Å². The van der Waals surface area contributed by atoms with E-state index in [0.29, 0.717) is 13.0 Å². The molecule has 0 aromatic rings. The van der Waals surface area contributed by atoms with Crippen LogP contribution in [0.4, 0.5) is 0 Å². The number of rotatable bonds is 13. The molecule has 1 N–H and O–H groups in total. The second kappa shape index (κ2) is 12.3. The van der Waals surface area contributed by atoms with E-state index in [-0.39, 0.29) is 36.3 Å². The summed E-state index contributed by atoms with van der Waals surface area (Å²) < 4.78 is 28.4. The van der Waals surface area contributed by atoms with Crippen LogP contribution >= 0.6 is 19.4 Å². The lowest BCUT2D eigenvalue weighted by atomic mass is 10.1. The summed E-state index contributed by atoms with van der Waals surface area (Å²) in [5, 5.41) is 0.848. The molecule has 2 aliphatic rings. The van der Waals surface area contributed by atoms with Crippen molar-refractivity contribution in [3.63, 3.8) is 0 Å². The fourth-order valence-corrected chi connectivity index (χ4v) is 5.71. The third-order valence-corrected chi connectivity index (χ3v) is 7.47. The summed E-state index contributed by atoms with van der Waals surface area (Å²) in [6.45, 7) is 4.18. The van der Waals surface area contributed by atoms with E-state index in [1.807, 2.05) is 0 Å². The summed E-state index contributed by atoms with van der Waals surface area (Å²) in [6.07, 6.45) is 8.78. The van der Waals surface area contributed by atoms with E-state index in [9.17, 15) is 14.3 Å². The monoisotopic (exact) mass is 435 g/mol. The van der Waals surface area contributed by atoms with Crippen LogP contribution in [0.3, 0.4) is 0 Å². The molecule has 4 atom stereocenters. The van der Waals surface area contributed by atoms with Crippen molar-refractivity contribution >= 4 is 30.4 Å². The summed E-state index contributed by atoms with van der Waals surface area (Å²) in [7, 11) is -3.57. The maximum absolute atomic E-state index is 12.2. The lowest BCUT2D eigenvalue weighted by Gasteiger charge is -2.30. The van der Waals surface area contributed by atoms with Crippen molar-refractivity contribution in [2.75, 3.05) is 19.4 Å². The minimum absolute atomic E-state index is 0.0793. The lowest BCUT2D eigenvalue weighted by Crippen LogP contribution is -2.36. The topological polar surface area (TPSA) is 94.4 Å². The Bertz CT molecular complexity index is 573. The maximum atomic E-state index is 12.2. The quantitative estimate of drug-likeness (QED) is 0.258. The highest BCUT2D eigenvalue weighted by molar-refractivity contribution is 8.14. The molecule has 0 amide bonds. The number of thioether (sulfide) groups is 1. The molecule has 0 radical (unpaired) electrons. The number of esters is 1.